The van der Waals surface area contributed by atoms with Crippen molar-refractivity contribution in [1.29, 1.82) is 0 Å². The number of hydrogen-bond acceptors (Lipinski definition) is 6. The summed E-state index contributed by atoms with van der Waals surface area (Å²) in [5.41, 5.74) is 3.65. The molecule has 1 aromatic heterocycles. The van der Waals surface area contributed by atoms with Crippen LogP contribution in [-0.2, 0) is 17.6 Å². The van der Waals surface area contributed by atoms with Crippen LogP contribution in [0.2, 0.25) is 0 Å². The van der Waals surface area contributed by atoms with E-state index in [1.165, 1.54) is 0 Å². The second-order valence-electron chi connectivity index (χ2n) is 10.2. The molecule has 0 saturated carbocycles. The molecule has 0 radical (unpaired) electrons. The number of hydrogen-bond donors (Lipinski definition) is 2. The molecule has 4 aromatic carbocycles. The monoisotopic (exact) mass is 565 g/mol. The van der Waals surface area contributed by atoms with Crippen LogP contribution >= 0.6 is 0 Å². The van der Waals surface area contributed by atoms with Crippen molar-refractivity contribution >= 4 is 16.7 Å². The van der Waals surface area contributed by atoms with Gasteiger partial charge in [-0.3, -0.25) is 5.10 Å². The van der Waals surface area contributed by atoms with Crippen LogP contribution in [0.1, 0.15) is 56.3 Å². The van der Waals surface area contributed by atoms with Crippen molar-refractivity contribution in [2.24, 2.45) is 0 Å². The molecular weight excluding hydrogens is 530 g/mol. The molecule has 5 aromatic rings. The third kappa shape index (κ3) is 6.38. The second-order valence-corrected chi connectivity index (χ2v) is 10.2. The van der Waals surface area contributed by atoms with E-state index < -0.39 is 18.7 Å². The van der Waals surface area contributed by atoms with Crippen LogP contribution in [-0.4, -0.2) is 39.0 Å². The molecule has 0 aliphatic heterocycles. The Labute approximate surface area is 245 Å². The fraction of sp³-hybridized carbons (Fsp3) is 0.265. The number of carboxylic acids is 1. The van der Waals surface area contributed by atoms with Crippen LogP contribution in [0.25, 0.3) is 22.2 Å². The van der Waals surface area contributed by atoms with Crippen LogP contribution in [0.4, 0.5) is 0 Å². The lowest BCUT2D eigenvalue weighted by atomic mass is 10.00. The Morgan fingerprint density at radius 3 is 2.24 bits per heavy atom. The highest BCUT2D eigenvalue weighted by Gasteiger charge is 2.24. The van der Waals surface area contributed by atoms with Gasteiger partial charge in [0, 0.05) is 22.3 Å². The Hall–Kier alpha value is -4.85. The summed E-state index contributed by atoms with van der Waals surface area (Å²) >= 11 is 0. The number of aromatic nitrogens is 3. The van der Waals surface area contributed by atoms with Gasteiger partial charge < -0.3 is 19.3 Å². The van der Waals surface area contributed by atoms with Gasteiger partial charge in [0.2, 0.25) is 0 Å². The van der Waals surface area contributed by atoms with Crippen molar-refractivity contribution < 1.29 is 24.1 Å². The molecule has 216 valence electrons. The number of aliphatic carboxylic acids is 1. The summed E-state index contributed by atoms with van der Waals surface area (Å²) in [5, 5.41) is 19.1. The molecule has 1 unspecified atom stereocenters. The van der Waals surface area contributed by atoms with Gasteiger partial charge in [0.05, 0.1) is 6.10 Å². The van der Waals surface area contributed by atoms with E-state index >= 15 is 0 Å². The summed E-state index contributed by atoms with van der Waals surface area (Å²) in [6, 6.07) is 25.7. The van der Waals surface area contributed by atoms with Crippen molar-refractivity contribution in [2.75, 3.05) is 6.61 Å². The fourth-order valence-electron chi connectivity index (χ4n) is 5.06. The van der Waals surface area contributed by atoms with E-state index in [-0.39, 0.29) is 6.10 Å². The predicted molar refractivity (Wildman–Crippen MR) is 162 cm³/mol. The average molecular weight is 566 g/mol. The molecule has 42 heavy (non-hydrogen) atoms. The minimum atomic E-state index is -1.02. The number of nitrogens with one attached hydrogen (secondary N) is 1. The third-order valence-electron chi connectivity index (χ3n) is 6.96. The molecule has 1 heterocycles. The van der Waals surface area contributed by atoms with Crippen molar-refractivity contribution in [2.45, 2.75) is 52.7 Å². The van der Waals surface area contributed by atoms with Crippen LogP contribution in [0.3, 0.4) is 0 Å². The summed E-state index contributed by atoms with van der Waals surface area (Å²) in [5.74, 6) is 2.10. The van der Waals surface area contributed by atoms with Crippen molar-refractivity contribution in [1.82, 2.24) is 15.2 Å². The molecule has 1 atom stereocenters. The number of nitrogens with zero attached hydrogens (tertiary/aromatic N) is 2. The molecule has 0 aliphatic carbocycles. The molecule has 0 saturated heterocycles. The molecule has 0 fully saturated rings. The number of aromatic amines is 1. The minimum absolute atomic E-state index is 0.0584. The maximum absolute atomic E-state index is 11.1. The molecule has 0 bridgehead atoms. The summed E-state index contributed by atoms with van der Waals surface area (Å²) in [6.45, 7) is 7.64. The van der Waals surface area contributed by atoms with Crippen molar-refractivity contribution in [3.8, 4) is 28.6 Å². The van der Waals surface area contributed by atoms with Gasteiger partial charge in [-0.2, -0.15) is 5.10 Å². The topological polar surface area (TPSA) is 107 Å². The van der Waals surface area contributed by atoms with Crippen molar-refractivity contribution in [3.63, 3.8) is 0 Å². The van der Waals surface area contributed by atoms with E-state index in [1.54, 1.807) is 6.07 Å². The largest absolute Gasteiger partial charge is 0.491 e. The maximum Gasteiger partial charge on any atom is 0.341 e. The highest BCUT2D eigenvalue weighted by Crippen LogP contribution is 2.36. The zero-order chi connectivity index (χ0) is 29.6. The van der Waals surface area contributed by atoms with Crippen molar-refractivity contribution in [3.05, 3.63) is 101 Å². The summed E-state index contributed by atoms with van der Waals surface area (Å²) in [4.78, 5) is 16.0. The summed E-state index contributed by atoms with van der Waals surface area (Å²) in [6.07, 6.45) is 0.800. The van der Waals surface area contributed by atoms with Crippen LogP contribution in [0.5, 0.6) is 17.2 Å². The van der Waals surface area contributed by atoms with Gasteiger partial charge in [-0.25, -0.2) is 9.78 Å². The second kappa shape index (κ2) is 12.8. The first-order chi connectivity index (χ1) is 20.4. The van der Waals surface area contributed by atoms with E-state index in [4.69, 9.17) is 24.3 Å². The highest BCUT2D eigenvalue weighted by molar-refractivity contribution is 5.86. The van der Waals surface area contributed by atoms with Crippen LogP contribution < -0.4 is 14.2 Å². The first-order valence-corrected chi connectivity index (χ1v) is 14.2. The number of benzene rings is 4. The van der Waals surface area contributed by atoms with Gasteiger partial charge in [0.1, 0.15) is 17.2 Å². The SMILES string of the molecule is CCc1c(OCC(=O)O)ccc(OC(c2ccc(OC(C)C)cc2)c2nc(-c3ccc4ccccc4c3)n[nH]2)c1CC. The first kappa shape index (κ1) is 28.7. The smallest absolute Gasteiger partial charge is 0.341 e. The van der Waals surface area contributed by atoms with E-state index in [0.717, 1.165) is 38.8 Å². The minimum Gasteiger partial charge on any atom is -0.491 e. The van der Waals surface area contributed by atoms with Gasteiger partial charge in [-0.05, 0) is 67.8 Å². The quantitative estimate of drug-likeness (QED) is 0.165. The summed E-state index contributed by atoms with van der Waals surface area (Å²) < 4.78 is 18.2. The molecule has 5 rings (SSSR count). The van der Waals surface area contributed by atoms with Gasteiger partial charge in [-0.15, -0.1) is 0 Å². The highest BCUT2D eigenvalue weighted by atomic mass is 16.5. The Bertz CT molecular complexity index is 1680. The number of carboxylic acid groups (broad SMARTS) is 1. The standard InChI is InChI=1S/C34H35N3O5/c1-5-27-28(6-2)30(18-17-29(27)40-20-31(38)39)42-32(23-13-15-26(16-14-23)41-21(3)4)34-35-33(36-37-34)25-12-11-22-9-7-8-10-24(22)19-25/h7-19,21,32H,5-6,20H2,1-4H3,(H,38,39)(H,35,36,37). The molecule has 0 spiro atoms. The zero-order valence-electron chi connectivity index (χ0n) is 24.3. The van der Waals surface area contributed by atoms with Crippen LogP contribution in [0.15, 0.2) is 78.9 Å². The van der Waals surface area contributed by atoms with E-state index in [9.17, 15) is 4.79 Å². The molecule has 0 amide bonds. The molecule has 8 nitrogen and oxygen atoms in total. The van der Waals surface area contributed by atoms with Gasteiger partial charge in [0.15, 0.2) is 24.4 Å². The summed E-state index contributed by atoms with van der Waals surface area (Å²) in [7, 11) is 0. The Kier molecular flexibility index (Phi) is 8.71. The Balaban J connectivity index is 1.53. The number of fused-ring (bicyclic) bond motifs is 1. The average Bonchev–Trinajstić information content (AvgIpc) is 3.48. The predicted octanol–water partition coefficient (Wildman–Crippen LogP) is 7.17. The van der Waals surface area contributed by atoms with Gasteiger partial charge in [-0.1, -0.05) is 62.4 Å². The Morgan fingerprint density at radius 1 is 0.857 bits per heavy atom. The molecule has 2 N–H and O–H groups in total. The van der Waals surface area contributed by atoms with Crippen LogP contribution in [0, 0.1) is 0 Å². The molecule has 8 heteroatoms. The molecule has 0 aliphatic rings. The molecular formula is C34H35N3O5. The van der Waals surface area contributed by atoms with Gasteiger partial charge in [0.25, 0.3) is 0 Å². The van der Waals surface area contributed by atoms with E-state index in [0.29, 0.717) is 36.0 Å². The van der Waals surface area contributed by atoms with E-state index in [1.807, 2.05) is 76.2 Å². The third-order valence-corrected chi connectivity index (χ3v) is 6.96. The lowest BCUT2D eigenvalue weighted by Gasteiger charge is -2.22. The number of H-pyrrole nitrogens is 1. The number of ether oxygens (including phenoxy) is 3. The lowest BCUT2D eigenvalue weighted by molar-refractivity contribution is -0.139. The Morgan fingerprint density at radius 2 is 1.55 bits per heavy atom. The van der Waals surface area contributed by atoms with Gasteiger partial charge >= 0.3 is 5.97 Å². The zero-order valence-corrected chi connectivity index (χ0v) is 24.3. The normalized spacial score (nSPS) is 11.9. The number of carbonyl (C=O) groups is 1. The number of rotatable bonds is 12. The fourth-order valence-corrected chi connectivity index (χ4v) is 5.06. The lowest BCUT2D eigenvalue weighted by Crippen LogP contribution is -2.14. The first-order valence-electron chi connectivity index (χ1n) is 14.2. The van der Waals surface area contributed by atoms with E-state index in [2.05, 4.69) is 34.5 Å². The maximum atomic E-state index is 11.1.